The summed E-state index contributed by atoms with van der Waals surface area (Å²) in [6.07, 6.45) is 1.78. The molecule has 0 aliphatic heterocycles. The van der Waals surface area contributed by atoms with E-state index < -0.39 is 0 Å². The molecule has 0 aliphatic carbocycles. The Labute approximate surface area is 99.3 Å². The highest BCUT2D eigenvalue weighted by molar-refractivity contribution is 8.00. The SMILES string of the molecule is C=CCn1c(C)nnc1SC(C)C(=O)NC. The summed E-state index contributed by atoms with van der Waals surface area (Å²) in [7, 11) is 1.62. The number of hydrogen-bond donors (Lipinski definition) is 1. The molecule has 0 saturated carbocycles. The van der Waals surface area contributed by atoms with Crippen LogP contribution in [-0.4, -0.2) is 33.0 Å². The largest absolute Gasteiger partial charge is 0.358 e. The summed E-state index contributed by atoms with van der Waals surface area (Å²) >= 11 is 1.39. The van der Waals surface area contributed by atoms with Crippen LogP contribution in [0.15, 0.2) is 17.8 Å². The van der Waals surface area contributed by atoms with Crippen molar-refractivity contribution in [2.45, 2.75) is 30.8 Å². The summed E-state index contributed by atoms with van der Waals surface area (Å²) in [5, 5.41) is 11.2. The lowest BCUT2D eigenvalue weighted by Crippen LogP contribution is -2.27. The molecule has 88 valence electrons. The van der Waals surface area contributed by atoms with E-state index in [-0.39, 0.29) is 11.2 Å². The van der Waals surface area contributed by atoms with Crippen LogP contribution in [0.5, 0.6) is 0 Å². The molecule has 1 atom stereocenters. The molecule has 1 heterocycles. The smallest absolute Gasteiger partial charge is 0.233 e. The number of rotatable bonds is 5. The third kappa shape index (κ3) is 2.85. The van der Waals surface area contributed by atoms with E-state index in [4.69, 9.17) is 0 Å². The average Bonchev–Trinajstić information content (AvgIpc) is 2.61. The maximum Gasteiger partial charge on any atom is 0.233 e. The molecular formula is C10H16N4OS. The maximum atomic E-state index is 11.4. The molecule has 1 aromatic heterocycles. The van der Waals surface area contributed by atoms with Crippen molar-refractivity contribution in [3.63, 3.8) is 0 Å². The number of thioether (sulfide) groups is 1. The van der Waals surface area contributed by atoms with Gasteiger partial charge in [-0.15, -0.1) is 16.8 Å². The number of carbonyl (C=O) groups excluding carboxylic acids is 1. The first-order valence-electron chi connectivity index (χ1n) is 4.99. The highest BCUT2D eigenvalue weighted by Crippen LogP contribution is 2.22. The lowest BCUT2D eigenvalue weighted by atomic mass is 10.4. The van der Waals surface area contributed by atoms with E-state index in [9.17, 15) is 4.79 Å². The summed E-state index contributed by atoms with van der Waals surface area (Å²) in [5.74, 6) is 0.808. The number of aryl methyl sites for hydroxylation is 1. The van der Waals surface area contributed by atoms with Crippen LogP contribution in [0.25, 0.3) is 0 Å². The van der Waals surface area contributed by atoms with Crippen molar-refractivity contribution in [3.8, 4) is 0 Å². The van der Waals surface area contributed by atoms with Gasteiger partial charge in [0.25, 0.3) is 0 Å². The van der Waals surface area contributed by atoms with Crippen LogP contribution in [0, 0.1) is 6.92 Å². The Hall–Kier alpha value is -1.30. The van der Waals surface area contributed by atoms with Crippen LogP contribution >= 0.6 is 11.8 Å². The Kier molecular flexibility index (Phi) is 4.54. The van der Waals surface area contributed by atoms with Crippen molar-refractivity contribution in [1.29, 1.82) is 0 Å². The molecule has 0 saturated heterocycles. The van der Waals surface area contributed by atoms with E-state index in [1.807, 2.05) is 18.4 Å². The Morgan fingerprint density at radius 2 is 2.38 bits per heavy atom. The standard InChI is InChI=1S/C10H16N4OS/c1-5-6-14-8(3)12-13-10(14)16-7(2)9(15)11-4/h5,7H,1,6H2,2-4H3,(H,11,15). The van der Waals surface area contributed by atoms with Gasteiger partial charge in [0.15, 0.2) is 5.16 Å². The minimum atomic E-state index is -0.183. The normalized spacial score (nSPS) is 12.2. The summed E-state index contributed by atoms with van der Waals surface area (Å²) < 4.78 is 1.93. The highest BCUT2D eigenvalue weighted by Gasteiger charge is 2.17. The van der Waals surface area contributed by atoms with E-state index in [0.29, 0.717) is 6.54 Å². The molecule has 1 rings (SSSR count). The van der Waals surface area contributed by atoms with Crippen molar-refractivity contribution >= 4 is 17.7 Å². The van der Waals surface area contributed by atoms with Gasteiger partial charge in [-0.2, -0.15) is 0 Å². The number of aromatic nitrogens is 3. The van der Waals surface area contributed by atoms with Gasteiger partial charge in [-0.1, -0.05) is 17.8 Å². The van der Waals surface area contributed by atoms with Crippen molar-refractivity contribution < 1.29 is 4.79 Å². The zero-order valence-electron chi connectivity index (χ0n) is 9.73. The summed E-state index contributed by atoms with van der Waals surface area (Å²) in [5.41, 5.74) is 0. The molecule has 0 fully saturated rings. The van der Waals surface area contributed by atoms with Gasteiger partial charge < -0.3 is 9.88 Å². The lowest BCUT2D eigenvalue weighted by Gasteiger charge is -2.09. The molecule has 0 spiro atoms. The van der Waals surface area contributed by atoms with Crippen molar-refractivity contribution in [1.82, 2.24) is 20.1 Å². The second-order valence-corrected chi connectivity index (χ2v) is 4.61. The topological polar surface area (TPSA) is 59.8 Å². The Morgan fingerprint density at radius 3 is 2.94 bits per heavy atom. The lowest BCUT2D eigenvalue weighted by molar-refractivity contribution is -0.119. The quantitative estimate of drug-likeness (QED) is 0.616. The zero-order chi connectivity index (χ0) is 12.1. The number of hydrogen-bond acceptors (Lipinski definition) is 4. The highest BCUT2D eigenvalue weighted by atomic mass is 32.2. The molecule has 6 heteroatoms. The fraction of sp³-hybridized carbons (Fsp3) is 0.500. The summed E-state index contributed by atoms with van der Waals surface area (Å²) in [4.78, 5) is 11.4. The predicted octanol–water partition coefficient (Wildman–Crippen LogP) is 0.999. The van der Waals surface area contributed by atoms with Crippen molar-refractivity contribution in [2.24, 2.45) is 0 Å². The number of allylic oxidation sites excluding steroid dienone is 1. The molecule has 0 aromatic carbocycles. The molecule has 1 aromatic rings. The van der Waals surface area contributed by atoms with E-state index in [0.717, 1.165) is 11.0 Å². The van der Waals surface area contributed by atoms with Crippen LogP contribution in [0.1, 0.15) is 12.7 Å². The van der Waals surface area contributed by atoms with Gasteiger partial charge in [0.2, 0.25) is 5.91 Å². The van der Waals surface area contributed by atoms with Gasteiger partial charge in [0, 0.05) is 13.6 Å². The predicted molar refractivity (Wildman–Crippen MR) is 64.3 cm³/mol. The molecule has 5 nitrogen and oxygen atoms in total. The molecule has 1 N–H and O–H groups in total. The van der Waals surface area contributed by atoms with Gasteiger partial charge in [-0.3, -0.25) is 4.79 Å². The number of nitrogens with one attached hydrogen (secondary N) is 1. The number of amides is 1. The molecule has 1 amide bonds. The molecule has 16 heavy (non-hydrogen) atoms. The van der Waals surface area contributed by atoms with Crippen LogP contribution in [0.4, 0.5) is 0 Å². The average molecular weight is 240 g/mol. The Balaban J connectivity index is 2.80. The molecule has 0 bridgehead atoms. The Morgan fingerprint density at radius 1 is 1.69 bits per heavy atom. The van der Waals surface area contributed by atoms with Crippen LogP contribution in [0.2, 0.25) is 0 Å². The number of nitrogens with zero attached hydrogens (tertiary/aromatic N) is 3. The van der Waals surface area contributed by atoms with Crippen LogP contribution < -0.4 is 5.32 Å². The first kappa shape index (κ1) is 12.8. The van der Waals surface area contributed by atoms with Gasteiger partial charge in [-0.05, 0) is 13.8 Å². The van der Waals surface area contributed by atoms with Gasteiger partial charge >= 0.3 is 0 Å². The first-order chi connectivity index (χ1) is 7.60. The maximum absolute atomic E-state index is 11.4. The van der Waals surface area contributed by atoms with Gasteiger partial charge in [0.05, 0.1) is 5.25 Å². The minimum Gasteiger partial charge on any atom is -0.358 e. The fourth-order valence-corrected chi connectivity index (χ4v) is 2.17. The Bertz CT molecular complexity index is 388. The monoisotopic (exact) mass is 240 g/mol. The summed E-state index contributed by atoms with van der Waals surface area (Å²) in [6, 6.07) is 0. The summed E-state index contributed by atoms with van der Waals surface area (Å²) in [6.45, 7) is 8.06. The molecule has 0 aliphatic rings. The van der Waals surface area contributed by atoms with Crippen LogP contribution in [-0.2, 0) is 11.3 Å². The van der Waals surface area contributed by atoms with Gasteiger partial charge in [0.1, 0.15) is 5.82 Å². The van der Waals surface area contributed by atoms with E-state index >= 15 is 0 Å². The van der Waals surface area contributed by atoms with E-state index in [1.54, 1.807) is 13.1 Å². The number of carbonyl (C=O) groups is 1. The first-order valence-corrected chi connectivity index (χ1v) is 5.87. The molecular weight excluding hydrogens is 224 g/mol. The van der Waals surface area contributed by atoms with Crippen molar-refractivity contribution in [3.05, 3.63) is 18.5 Å². The second-order valence-electron chi connectivity index (χ2n) is 3.30. The van der Waals surface area contributed by atoms with E-state index in [1.165, 1.54) is 11.8 Å². The fourth-order valence-electron chi connectivity index (χ4n) is 1.20. The second kappa shape index (κ2) is 5.69. The van der Waals surface area contributed by atoms with Crippen molar-refractivity contribution in [2.75, 3.05) is 7.05 Å². The molecule has 0 radical (unpaired) electrons. The van der Waals surface area contributed by atoms with E-state index in [2.05, 4.69) is 22.1 Å². The van der Waals surface area contributed by atoms with Gasteiger partial charge in [-0.25, -0.2) is 0 Å². The minimum absolute atomic E-state index is 0.0178. The molecule has 1 unspecified atom stereocenters. The third-order valence-corrected chi connectivity index (χ3v) is 3.19. The zero-order valence-corrected chi connectivity index (χ0v) is 10.5. The third-order valence-electron chi connectivity index (χ3n) is 2.11. The van der Waals surface area contributed by atoms with Crippen LogP contribution in [0.3, 0.4) is 0 Å².